The van der Waals surface area contributed by atoms with Crippen molar-refractivity contribution in [2.45, 2.75) is 52.4 Å². The van der Waals surface area contributed by atoms with Gasteiger partial charge in [-0.1, -0.05) is 85.9 Å². The number of halogens is 4. The molecule has 0 unspecified atom stereocenters. The SMILES string of the molecule is CCCCCOP(=O)(OCCCCC)OC(C=C(Cl)Cl)=C(Cl)Cl. The molecule has 0 aliphatic rings. The second kappa shape index (κ2) is 13.8. The minimum atomic E-state index is -3.85. The van der Waals surface area contributed by atoms with E-state index < -0.39 is 7.82 Å². The number of unbranched alkanes of at least 4 members (excludes halogenated alkanes) is 4. The molecule has 0 saturated heterocycles. The van der Waals surface area contributed by atoms with Crippen molar-refractivity contribution in [3.05, 3.63) is 20.8 Å². The molecule has 9 heteroatoms. The summed E-state index contributed by atoms with van der Waals surface area (Å²) in [5.74, 6) is -0.164. The van der Waals surface area contributed by atoms with E-state index in [1.165, 1.54) is 0 Å². The molecule has 0 aliphatic carbocycles. The molecule has 136 valence electrons. The highest BCUT2D eigenvalue weighted by Gasteiger charge is 2.30. The second-order valence-electron chi connectivity index (χ2n) is 4.68. The van der Waals surface area contributed by atoms with Crippen molar-refractivity contribution in [2.75, 3.05) is 13.2 Å². The lowest BCUT2D eigenvalue weighted by molar-refractivity contribution is 0.134. The molecule has 0 fully saturated rings. The third-order valence-electron chi connectivity index (χ3n) is 2.63. The molecule has 23 heavy (non-hydrogen) atoms. The van der Waals surface area contributed by atoms with Gasteiger partial charge < -0.3 is 4.52 Å². The summed E-state index contributed by atoms with van der Waals surface area (Å²) in [6, 6.07) is 0. The number of phosphoric ester groups is 1. The molecule has 4 nitrogen and oxygen atoms in total. The Balaban J connectivity index is 4.90. The Labute approximate surface area is 158 Å². The molecule has 0 rings (SSSR count). The van der Waals surface area contributed by atoms with E-state index in [0.29, 0.717) is 0 Å². The van der Waals surface area contributed by atoms with E-state index in [0.717, 1.165) is 44.6 Å². The summed E-state index contributed by atoms with van der Waals surface area (Å²) in [5.41, 5.74) is 0. The third-order valence-corrected chi connectivity index (χ3v) is 4.64. The van der Waals surface area contributed by atoms with Crippen molar-refractivity contribution in [1.82, 2.24) is 0 Å². The van der Waals surface area contributed by atoms with Crippen LogP contribution >= 0.6 is 54.2 Å². The summed E-state index contributed by atoms with van der Waals surface area (Å²) in [4.78, 5) is 0. The Hall–Kier alpha value is 0.590. The Bertz CT molecular complexity index is 416. The van der Waals surface area contributed by atoms with Gasteiger partial charge in [-0.3, -0.25) is 9.05 Å². The first-order valence-corrected chi connectivity index (χ1v) is 10.5. The zero-order valence-corrected chi connectivity index (χ0v) is 17.2. The zero-order chi connectivity index (χ0) is 17.7. The van der Waals surface area contributed by atoms with Crippen molar-refractivity contribution < 1.29 is 18.1 Å². The van der Waals surface area contributed by atoms with Gasteiger partial charge in [0.15, 0.2) is 5.76 Å². The van der Waals surface area contributed by atoms with Crippen molar-refractivity contribution in [1.29, 1.82) is 0 Å². The number of allylic oxidation sites excluding steroid dienone is 1. The normalized spacial score (nSPS) is 11.2. The average Bonchev–Trinajstić information content (AvgIpc) is 2.47. The topological polar surface area (TPSA) is 44.8 Å². The van der Waals surface area contributed by atoms with E-state index in [2.05, 4.69) is 13.8 Å². The van der Waals surface area contributed by atoms with Gasteiger partial charge in [0.05, 0.1) is 13.2 Å². The van der Waals surface area contributed by atoms with Gasteiger partial charge in [0, 0.05) is 6.08 Å². The first kappa shape index (κ1) is 23.6. The maximum absolute atomic E-state index is 12.7. The molecule has 0 saturated carbocycles. The lowest BCUT2D eigenvalue weighted by atomic mass is 10.3. The van der Waals surface area contributed by atoms with Crippen LogP contribution in [0.25, 0.3) is 0 Å². The van der Waals surface area contributed by atoms with Crippen LogP contribution in [0.15, 0.2) is 20.8 Å². The van der Waals surface area contributed by atoms with Gasteiger partial charge in [-0.2, -0.15) is 0 Å². The molecule has 0 bridgehead atoms. The maximum atomic E-state index is 12.7. The minimum absolute atomic E-state index is 0.151. The van der Waals surface area contributed by atoms with Gasteiger partial charge in [-0.15, -0.1) is 0 Å². The summed E-state index contributed by atoms with van der Waals surface area (Å²) in [5, 5.41) is 0. The molecular weight excluding hydrogens is 405 g/mol. The Morgan fingerprint density at radius 2 is 1.39 bits per heavy atom. The molecule has 0 atom stereocenters. The molecule has 0 aromatic heterocycles. The minimum Gasteiger partial charge on any atom is -0.401 e. The fraction of sp³-hybridized carbons (Fsp3) is 0.714. The van der Waals surface area contributed by atoms with Gasteiger partial charge in [0.2, 0.25) is 0 Å². The predicted molar refractivity (Wildman–Crippen MR) is 98.2 cm³/mol. The predicted octanol–water partition coefficient (Wildman–Crippen LogP) is 7.49. The van der Waals surface area contributed by atoms with Crippen LogP contribution in [0, 0.1) is 0 Å². The van der Waals surface area contributed by atoms with Crippen molar-refractivity contribution in [3.8, 4) is 0 Å². The van der Waals surface area contributed by atoms with Crippen LogP contribution in [-0.4, -0.2) is 13.2 Å². The standard InChI is InChI=1S/C14H23Cl4O4P/c1-3-5-7-9-20-23(19,21-10-8-6-4-2)22-12(14(17)18)11-13(15)16/h11H,3-10H2,1-2H3. The fourth-order valence-electron chi connectivity index (χ4n) is 1.48. The third kappa shape index (κ3) is 12.6. The maximum Gasteiger partial charge on any atom is 0.530 e. The van der Waals surface area contributed by atoms with Crippen molar-refractivity contribution in [2.24, 2.45) is 0 Å². The molecule has 0 aromatic rings. The van der Waals surface area contributed by atoms with Crippen LogP contribution < -0.4 is 0 Å². The molecule has 0 N–H and O–H groups in total. The Morgan fingerprint density at radius 3 is 1.74 bits per heavy atom. The summed E-state index contributed by atoms with van der Waals surface area (Å²) in [7, 11) is -3.85. The first-order valence-electron chi connectivity index (χ1n) is 7.51. The fourth-order valence-corrected chi connectivity index (χ4v) is 3.24. The van der Waals surface area contributed by atoms with Crippen molar-refractivity contribution >= 4 is 54.2 Å². The van der Waals surface area contributed by atoms with E-state index in [1.54, 1.807) is 0 Å². The largest absolute Gasteiger partial charge is 0.530 e. The molecule has 0 aromatic carbocycles. The highest BCUT2D eigenvalue weighted by atomic mass is 35.5. The zero-order valence-electron chi connectivity index (χ0n) is 13.3. The van der Waals surface area contributed by atoms with E-state index in [4.69, 9.17) is 60.0 Å². The lowest BCUT2D eigenvalue weighted by Crippen LogP contribution is -2.03. The van der Waals surface area contributed by atoms with Crippen LogP contribution in [-0.2, 0) is 18.1 Å². The van der Waals surface area contributed by atoms with Crippen LogP contribution in [0.3, 0.4) is 0 Å². The second-order valence-corrected chi connectivity index (χ2v) is 8.23. The number of hydrogen-bond donors (Lipinski definition) is 0. The molecule has 0 radical (unpaired) electrons. The first-order chi connectivity index (χ1) is 10.8. The Morgan fingerprint density at radius 1 is 0.913 bits per heavy atom. The van der Waals surface area contributed by atoms with Crippen molar-refractivity contribution in [3.63, 3.8) is 0 Å². The van der Waals surface area contributed by atoms with Crippen LogP contribution in [0.2, 0.25) is 0 Å². The molecule has 0 spiro atoms. The molecule has 0 aliphatic heterocycles. The van der Waals surface area contributed by atoms with Crippen LogP contribution in [0.1, 0.15) is 52.4 Å². The monoisotopic (exact) mass is 426 g/mol. The van der Waals surface area contributed by atoms with E-state index in [9.17, 15) is 4.57 Å². The lowest BCUT2D eigenvalue weighted by Gasteiger charge is -2.19. The highest BCUT2D eigenvalue weighted by Crippen LogP contribution is 2.53. The summed E-state index contributed by atoms with van der Waals surface area (Å²) >= 11 is 22.5. The smallest absolute Gasteiger partial charge is 0.401 e. The summed E-state index contributed by atoms with van der Waals surface area (Å²) in [6.45, 7) is 4.59. The van der Waals surface area contributed by atoms with E-state index in [-0.39, 0.29) is 28.0 Å². The van der Waals surface area contributed by atoms with Gasteiger partial charge in [0.25, 0.3) is 0 Å². The average molecular weight is 428 g/mol. The molecule has 0 heterocycles. The summed E-state index contributed by atoms with van der Waals surface area (Å²) < 4.78 is 28.2. The van der Waals surface area contributed by atoms with Gasteiger partial charge in [0.1, 0.15) is 8.98 Å². The van der Waals surface area contributed by atoms with Gasteiger partial charge >= 0.3 is 7.82 Å². The van der Waals surface area contributed by atoms with E-state index >= 15 is 0 Å². The summed E-state index contributed by atoms with van der Waals surface area (Å²) in [6.07, 6.45) is 6.52. The number of rotatable bonds is 13. The van der Waals surface area contributed by atoms with Crippen LogP contribution in [0.5, 0.6) is 0 Å². The number of hydrogen-bond acceptors (Lipinski definition) is 4. The van der Waals surface area contributed by atoms with Crippen LogP contribution in [0.4, 0.5) is 0 Å². The highest BCUT2D eigenvalue weighted by molar-refractivity contribution is 7.48. The molecular formula is C14H23Cl4O4P. The number of phosphoric acid groups is 1. The van der Waals surface area contributed by atoms with Gasteiger partial charge in [-0.25, -0.2) is 4.57 Å². The van der Waals surface area contributed by atoms with Gasteiger partial charge in [-0.05, 0) is 12.8 Å². The Kier molecular flexibility index (Phi) is 14.2. The molecule has 0 amide bonds. The van der Waals surface area contributed by atoms with E-state index in [1.807, 2.05) is 0 Å². The quantitative estimate of drug-likeness (QED) is 0.132.